The standard InChI is InChI=1S/C20H28N4O2S/c1-13-17(27-18(22-13)14-6-5-7-26-11-14)19(25)24-10-16(20(2,3)12-24)15-8-21-23(4)9-15/h8-9,14,16H,5-7,10-12H2,1-4H3. The molecule has 4 heterocycles. The van der Waals surface area contributed by atoms with Crippen LogP contribution in [0.1, 0.15) is 64.5 Å². The Labute approximate surface area is 164 Å². The largest absolute Gasteiger partial charge is 0.381 e. The number of carbonyl (C=O) groups is 1. The molecule has 0 spiro atoms. The summed E-state index contributed by atoms with van der Waals surface area (Å²) in [6, 6.07) is 0. The van der Waals surface area contributed by atoms with Crippen LogP contribution >= 0.6 is 11.3 Å². The first-order chi connectivity index (χ1) is 12.8. The molecule has 0 aromatic carbocycles. The molecule has 7 heteroatoms. The molecule has 2 fully saturated rings. The molecule has 0 radical (unpaired) electrons. The lowest BCUT2D eigenvalue weighted by Crippen LogP contribution is -2.30. The third-order valence-corrected chi connectivity index (χ3v) is 7.18. The zero-order valence-corrected chi connectivity index (χ0v) is 17.4. The van der Waals surface area contributed by atoms with Crippen molar-refractivity contribution in [2.24, 2.45) is 12.5 Å². The molecule has 2 aliphatic heterocycles. The highest BCUT2D eigenvalue weighted by Crippen LogP contribution is 2.43. The molecule has 2 unspecified atom stereocenters. The molecule has 2 atom stereocenters. The first-order valence-corrected chi connectivity index (χ1v) is 10.5. The minimum atomic E-state index is 0.0251. The van der Waals surface area contributed by atoms with Gasteiger partial charge in [0.2, 0.25) is 0 Å². The maximum Gasteiger partial charge on any atom is 0.265 e. The van der Waals surface area contributed by atoms with Crippen LogP contribution in [0.5, 0.6) is 0 Å². The van der Waals surface area contributed by atoms with Crippen molar-refractivity contribution < 1.29 is 9.53 Å². The monoisotopic (exact) mass is 388 g/mol. The van der Waals surface area contributed by atoms with Gasteiger partial charge in [-0.1, -0.05) is 13.8 Å². The van der Waals surface area contributed by atoms with Gasteiger partial charge >= 0.3 is 0 Å². The number of thiazole rings is 1. The van der Waals surface area contributed by atoms with Crippen LogP contribution in [-0.4, -0.2) is 51.9 Å². The quantitative estimate of drug-likeness (QED) is 0.809. The van der Waals surface area contributed by atoms with Crippen molar-refractivity contribution in [1.82, 2.24) is 19.7 Å². The van der Waals surface area contributed by atoms with E-state index in [1.54, 1.807) is 11.3 Å². The number of amides is 1. The van der Waals surface area contributed by atoms with E-state index in [2.05, 4.69) is 25.1 Å². The van der Waals surface area contributed by atoms with Crippen LogP contribution in [0.4, 0.5) is 0 Å². The van der Waals surface area contributed by atoms with Crippen molar-refractivity contribution in [3.8, 4) is 0 Å². The van der Waals surface area contributed by atoms with Gasteiger partial charge in [0.15, 0.2) is 0 Å². The highest BCUT2D eigenvalue weighted by molar-refractivity contribution is 7.13. The highest BCUT2D eigenvalue weighted by atomic mass is 32.1. The summed E-state index contributed by atoms with van der Waals surface area (Å²) in [5.74, 6) is 0.754. The Balaban J connectivity index is 1.54. The van der Waals surface area contributed by atoms with Gasteiger partial charge in [-0.3, -0.25) is 9.48 Å². The van der Waals surface area contributed by atoms with E-state index < -0.39 is 0 Å². The smallest absolute Gasteiger partial charge is 0.265 e. The number of hydrogen-bond acceptors (Lipinski definition) is 5. The van der Waals surface area contributed by atoms with E-state index in [0.717, 1.165) is 54.7 Å². The molecule has 2 aliphatic rings. The lowest BCUT2D eigenvalue weighted by molar-refractivity contribution is 0.0781. The van der Waals surface area contributed by atoms with E-state index in [1.165, 1.54) is 5.56 Å². The third-order valence-electron chi connectivity index (χ3n) is 5.88. The summed E-state index contributed by atoms with van der Waals surface area (Å²) in [7, 11) is 1.94. The molecule has 0 saturated carbocycles. The van der Waals surface area contributed by atoms with Gasteiger partial charge in [-0.15, -0.1) is 11.3 Å². The fraction of sp³-hybridized carbons (Fsp3) is 0.650. The van der Waals surface area contributed by atoms with Gasteiger partial charge in [-0.05, 0) is 30.7 Å². The number of ether oxygens (including phenoxy) is 1. The number of carbonyl (C=O) groups excluding carboxylic acids is 1. The van der Waals surface area contributed by atoms with E-state index in [0.29, 0.717) is 11.8 Å². The van der Waals surface area contributed by atoms with Crippen molar-refractivity contribution in [2.75, 3.05) is 26.3 Å². The number of likely N-dealkylation sites (tertiary alicyclic amines) is 1. The number of nitrogens with zero attached hydrogens (tertiary/aromatic N) is 4. The molecule has 0 aliphatic carbocycles. The Bertz CT molecular complexity index is 835. The molecule has 2 saturated heterocycles. The molecule has 2 aromatic heterocycles. The van der Waals surface area contributed by atoms with Crippen molar-refractivity contribution in [1.29, 1.82) is 0 Å². The average molecular weight is 389 g/mol. The summed E-state index contributed by atoms with van der Waals surface area (Å²) in [5.41, 5.74) is 2.09. The molecule has 0 bridgehead atoms. The molecule has 4 rings (SSSR count). The zero-order chi connectivity index (χ0) is 19.2. The van der Waals surface area contributed by atoms with Crippen molar-refractivity contribution in [3.63, 3.8) is 0 Å². The number of rotatable bonds is 3. The van der Waals surface area contributed by atoms with Crippen LogP contribution in [0.3, 0.4) is 0 Å². The molecule has 1 amide bonds. The molecule has 0 N–H and O–H groups in total. The maximum atomic E-state index is 13.3. The molecule has 27 heavy (non-hydrogen) atoms. The van der Waals surface area contributed by atoms with Gasteiger partial charge in [0.25, 0.3) is 5.91 Å². The van der Waals surface area contributed by atoms with Gasteiger partial charge in [0.1, 0.15) is 4.88 Å². The van der Waals surface area contributed by atoms with Crippen molar-refractivity contribution >= 4 is 17.2 Å². The summed E-state index contributed by atoms with van der Waals surface area (Å²) in [5, 5.41) is 5.37. The summed E-state index contributed by atoms with van der Waals surface area (Å²) in [4.78, 5) is 20.8. The molecular weight excluding hydrogens is 360 g/mol. The topological polar surface area (TPSA) is 60.2 Å². The SMILES string of the molecule is Cc1nc(C2CCCOC2)sc1C(=O)N1CC(c2cnn(C)c2)C(C)(C)C1. The van der Waals surface area contributed by atoms with E-state index in [-0.39, 0.29) is 11.3 Å². The Morgan fingerprint density at radius 3 is 2.89 bits per heavy atom. The second-order valence-corrected chi connectivity index (χ2v) is 9.59. The predicted octanol–water partition coefficient (Wildman–Crippen LogP) is 3.34. The van der Waals surface area contributed by atoms with Gasteiger partial charge < -0.3 is 9.64 Å². The fourth-order valence-electron chi connectivity index (χ4n) is 4.33. The first kappa shape index (κ1) is 18.6. The molecule has 2 aromatic rings. The third kappa shape index (κ3) is 3.55. The van der Waals surface area contributed by atoms with E-state index >= 15 is 0 Å². The maximum absolute atomic E-state index is 13.3. The number of aromatic nitrogens is 3. The Kier molecular flexibility index (Phi) is 4.84. The van der Waals surface area contributed by atoms with Gasteiger partial charge in [0.05, 0.1) is 23.5 Å². The normalized spacial score (nSPS) is 25.1. The van der Waals surface area contributed by atoms with E-state index in [4.69, 9.17) is 9.72 Å². The average Bonchev–Trinajstić information content (AvgIpc) is 3.32. The van der Waals surface area contributed by atoms with Gasteiger partial charge in [0, 0.05) is 44.8 Å². The van der Waals surface area contributed by atoms with Crippen LogP contribution in [0, 0.1) is 12.3 Å². The fourth-order valence-corrected chi connectivity index (χ4v) is 5.49. The lowest BCUT2D eigenvalue weighted by Gasteiger charge is -2.24. The van der Waals surface area contributed by atoms with Crippen LogP contribution in [0.25, 0.3) is 0 Å². The molecule has 146 valence electrons. The summed E-state index contributed by atoms with van der Waals surface area (Å²) in [6.07, 6.45) is 6.17. The number of aryl methyl sites for hydroxylation is 2. The van der Waals surface area contributed by atoms with Crippen LogP contribution in [0.15, 0.2) is 12.4 Å². The first-order valence-electron chi connectivity index (χ1n) is 9.68. The highest BCUT2D eigenvalue weighted by Gasteiger charge is 2.43. The van der Waals surface area contributed by atoms with Crippen molar-refractivity contribution in [2.45, 2.75) is 45.4 Å². The lowest BCUT2D eigenvalue weighted by atomic mass is 9.79. The minimum absolute atomic E-state index is 0.0251. The van der Waals surface area contributed by atoms with E-state index in [1.807, 2.05) is 29.7 Å². The molecular formula is C20H28N4O2S. The van der Waals surface area contributed by atoms with Crippen LogP contribution in [-0.2, 0) is 11.8 Å². The van der Waals surface area contributed by atoms with Crippen molar-refractivity contribution in [3.05, 3.63) is 33.5 Å². The number of hydrogen-bond donors (Lipinski definition) is 0. The zero-order valence-electron chi connectivity index (χ0n) is 16.6. The van der Waals surface area contributed by atoms with Gasteiger partial charge in [-0.2, -0.15) is 5.10 Å². The second-order valence-electron chi connectivity index (χ2n) is 8.55. The summed E-state index contributed by atoms with van der Waals surface area (Å²) >= 11 is 1.56. The Hall–Kier alpha value is -1.73. The molecule has 6 nitrogen and oxygen atoms in total. The van der Waals surface area contributed by atoms with Crippen LogP contribution < -0.4 is 0 Å². The van der Waals surface area contributed by atoms with Crippen LogP contribution in [0.2, 0.25) is 0 Å². The van der Waals surface area contributed by atoms with Gasteiger partial charge in [-0.25, -0.2) is 4.98 Å². The Morgan fingerprint density at radius 2 is 2.22 bits per heavy atom. The Morgan fingerprint density at radius 1 is 1.41 bits per heavy atom. The summed E-state index contributed by atoms with van der Waals surface area (Å²) < 4.78 is 7.44. The van der Waals surface area contributed by atoms with E-state index in [9.17, 15) is 4.79 Å². The second kappa shape index (κ2) is 7.02. The predicted molar refractivity (Wildman–Crippen MR) is 105 cm³/mol. The minimum Gasteiger partial charge on any atom is -0.381 e. The summed E-state index contributed by atoms with van der Waals surface area (Å²) in [6.45, 7) is 9.48.